The Bertz CT molecular complexity index is 1200. The summed E-state index contributed by atoms with van der Waals surface area (Å²) in [6.07, 6.45) is 8.22. The monoisotopic (exact) mass is 567 g/mol. The first kappa shape index (κ1) is 27.5. The number of hydrogen-bond acceptors (Lipinski definition) is 8. The molecule has 214 valence electrons. The average molecular weight is 568 g/mol. The summed E-state index contributed by atoms with van der Waals surface area (Å²) in [5.74, 6) is -2.31. The van der Waals surface area contributed by atoms with Crippen LogP contribution in [0.15, 0.2) is 54.6 Å². The molecule has 0 aliphatic carbocycles. The number of amides is 2. The minimum Gasteiger partial charge on any atom is -0.461 e. The predicted molar refractivity (Wildman–Crippen MR) is 150 cm³/mol. The molecule has 5 aliphatic heterocycles. The van der Waals surface area contributed by atoms with E-state index >= 15 is 0 Å². The predicted octanol–water partition coefficient (Wildman–Crippen LogP) is 1.12. The molecule has 3 fully saturated rings. The lowest BCUT2D eigenvalue weighted by Gasteiger charge is -2.40. The summed E-state index contributed by atoms with van der Waals surface area (Å²) in [6, 6.07) is 8.24. The van der Waals surface area contributed by atoms with Crippen LogP contribution in [0, 0.1) is 11.8 Å². The minimum absolute atomic E-state index is 0.134. The number of nitrogens with zero attached hydrogens (tertiary/aromatic N) is 3. The van der Waals surface area contributed by atoms with Gasteiger partial charge in [-0.25, -0.2) is 0 Å². The number of benzene rings is 1. The molecule has 1 aromatic rings. The molecule has 1 aromatic carbocycles. The van der Waals surface area contributed by atoms with Crippen LogP contribution in [-0.4, -0.2) is 118 Å². The van der Waals surface area contributed by atoms with Crippen molar-refractivity contribution >= 4 is 29.5 Å². The van der Waals surface area contributed by atoms with E-state index in [1.807, 2.05) is 66.5 Å². The third-order valence-corrected chi connectivity index (χ3v) is 10.8. The number of morpholine rings is 1. The van der Waals surface area contributed by atoms with E-state index in [-0.39, 0.29) is 25.0 Å². The van der Waals surface area contributed by atoms with E-state index in [0.29, 0.717) is 32.7 Å². The Morgan fingerprint density at radius 3 is 2.55 bits per heavy atom. The Balaban J connectivity index is 1.39. The molecule has 40 heavy (non-hydrogen) atoms. The Morgan fingerprint density at radius 1 is 1.02 bits per heavy atom. The van der Waals surface area contributed by atoms with Crippen LogP contribution < -0.4 is 0 Å². The van der Waals surface area contributed by atoms with Crippen LogP contribution in [0.3, 0.4) is 0 Å². The summed E-state index contributed by atoms with van der Waals surface area (Å²) in [5.41, 5.74) is 0.968. The van der Waals surface area contributed by atoms with Gasteiger partial charge in [0.05, 0.1) is 42.4 Å². The highest BCUT2D eigenvalue weighted by Crippen LogP contribution is 2.65. The van der Waals surface area contributed by atoms with Crippen molar-refractivity contribution in [1.29, 1.82) is 0 Å². The molecule has 5 heterocycles. The van der Waals surface area contributed by atoms with Crippen molar-refractivity contribution in [1.82, 2.24) is 14.7 Å². The lowest BCUT2D eigenvalue weighted by Crippen LogP contribution is -2.58. The van der Waals surface area contributed by atoms with Gasteiger partial charge in [0.2, 0.25) is 11.8 Å². The number of ether oxygens (including phenoxy) is 2. The molecule has 1 N–H and O–H groups in total. The maximum absolute atomic E-state index is 14.5. The highest BCUT2D eigenvalue weighted by molar-refractivity contribution is 8.02. The molecule has 0 bridgehead atoms. The van der Waals surface area contributed by atoms with Crippen molar-refractivity contribution in [3.63, 3.8) is 0 Å². The van der Waals surface area contributed by atoms with Gasteiger partial charge in [0.15, 0.2) is 0 Å². The smallest absolute Gasteiger partial charge is 0.311 e. The fourth-order valence-corrected chi connectivity index (χ4v) is 9.30. The first-order valence-corrected chi connectivity index (χ1v) is 15.0. The summed E-state index contributed by atoms with van der Waals surface area (Å²) in [4.78, 5) is 48.2. The molecule has 5 aliphatic rings. The van der Waals surface area contributed by atoms with Gasteiger partial charge >= 0.3 is 5.97 Å². The number of thioether (sulfide) groups is 1. The summed E-state index contributed by atoms with van der Waals surface area (Å²) in [5, 5.41) is 10.6. The third-order valence-electron chi connectivity index (χ3n) is 9.04. The third kappa shape index (κ3) is 4.58. The Labute approximate surface area is 239 Å². The zero-order valence-corrected chi connectivity index (χ0v) is 23.6. The lowest BCUT2D eigenvalue weighted by molar-refractivity contribution is -0.153. The molecule has 10 heteroatoms. The molecule has 0 radical (unpaired) electrons. The van der Waals surface area contributed by atoms with Gasteiger partial charge in [-0.2, -0.15) is 0 Å². The van der Waals surface area contributed by atoms with Crippen LogP contribution in [0.5, 0.6) is 0 Å². The second-order valence-electron chi connectivity index (χ2n) is 11.4. The van der Waals surface area contributed by atoms with Crippen LogP contribution in [0.25, 0.3) is 0 Å². The molecule has 2 amide bonds. The lowest BCUT2D eigenvalue weighted by atomic mass is 9.75. The summed E-state index contributed by atoms with van der Waals surface area (Å²) in [6.45, 7) is 6.54. The number of likely N-dealkylation sites (tertiary alicyclic amines) is 1. The molecule has 3 saturated heterocycles. The second-order valence-corrected chi connectivity index (χ2v) is 13.2. The number of aliphatic hydroxyl groups excluding tert-OH is 1. The number of carbonyl (C=O) groups is 3. The number of esters is 1. The van der Waals surface area contributed by atoms with Gasteiger partial charge in [0.1, 0.15) is 12.6 Å². The van der Waals surface area contributed by atoms with Crippen LogP contribution in [0.4, 0.5) is 0 Å². The highest BCUT2D eigenvalue weighted by atomic mass is 32.2. The maximum atomic E-state index is 14.5. The summed E-state index contributed by atoms with van der Waals surface area (Å²) in [7, 11) is 0. The van der Waals surface area contributed by atoms with Gasteiger partial charge in [0.25, 0.3) is 0 Å². The Hall–Kier alpha value is -2.66. The molecule has 6 atom stereocenters. The molecule has 0 aromatic heterocycles. The maximum Gasteiger partial charge on any atom is 0.311 e. The average Bonchev–Trinajstić information content (AvgIpc) is 3.23. The fraction of sp³-hybridized carbons (Fsp3) is 0.567. The van der Waals surface area contributed by atoms with Gasteiger partial charge in [0, 0.05) is 37.5 Å². The number of cyclic esters (lactones) is 1. The highest BCUT2D eigenvalue weighted by Gasteiger charge is 2.74. The van der Waals surface area contributed by atoms with E-state index in [9.17, 15) is 19.5 Å². The number of aliphatic hydroxyl groups is 1. The van der Waals surface area contributed by atoms with E-state index in [0.717, 1.165) is 25.2 Å². The van der Waals surface area contributed by atoms with Crippen molar-refractivity contribution in [3.8, 4) is 0 Å². The molecule has 9 nitrogen and oxygen atoms in total. The molecule has 0 saturated carbocycles. The Morgan fingerprint density at radius 2 is 1.80 bits per heavy atom. The van der Waals surface area contributed by atoms with E-state index in [1.54, 1.807) is 4.90 Å². The van der Waals surface area contributed by atoms with Crippen molar-refractivity contribution in [2.45, 2.75) is 34.9 Å². The number of carbonyl (C=O) groups excluding carboxylic acids is 3. The fourth-order valence-electron chi connectivity index (χ4n) is 7.16. The van der Waals surface area contributed by atoms with Crippen molar-refractivity contribution in [2.24, 2.45) is 11.8 Å². The second kappa shape index (κ2) is 11.0. The minimum atomic E-state index is -0.952. The van der Waals surface area contributed by atoms with Crippen molar-refractivity contribution in [3.05, 3.63) is 60.2 Å². The largest absolute Gasteiger partial charge is 0.461 e. The molecule has 1 unspecified atom stereocenters. The van der Waals surface area contributed by atoms with Crippen LogP contribution in [-0.2, 0) is 30.3 Å². The van der Waals surface area contributed by atoms with Crippen LogP contribution in [0.2, 0.25) is 0 Å². The standard InChI is InChI=1S/C30H37N3O6S/c1-29-9-6-16-39-28(37)24(29)23-26(35)33(22(20-34)19-21-7-3-2-4-8-21)25-27(36)32(11-5-10-30(23,25)40-29)13-12-31-14-17-38-18-15-31/h2-10,22-25,34H,11-20H2,1H3/t22-,23+,24-,25?,29+,30+/m1/s1. The Kier molecular flexibility index (Phi) is 7.54. The van der Waals surface area contributed by atoms with Crippen molar-refractivity contribution < 1.29 is 29.0 Å². The topological polar surface area (TPSA) is 99.6 Å². The van der Waals surface area contributed by atoms with Crippen LogP contribution >= 0.6 is 11.8 Å². The van der Waals surface area contributed by atoms with E-state index in [1.165, 1.54) is 11.8 Å². The number of hydrogen-bond donors (Lipinski definition) is 1. The van der Waals surface area contributed by atoms with Gasteiger partial charge in [-0.05, 0) is 25.0 Å². The van der Waals surface area contributed by atoms with Crippen LogP contribution in [0.1, 0.15) is 12.5 Å². The molecular weight excluding hydrogens is 530 g/mol. The van der Waals surface area contributed by atoms with E-state index < -0.39 is 39.4 Å². The van der Waals surface area contributed by atoms with E-state index in [4.69, 9.17) is 9.47 Å². The molecule has 1 spiro atoms. The first-order chi connectivity index (χ1) is 19.4. The normalized spacial score (nSPS) is 34.6. The molecular formula is C30H37N3O6S. The summed E-state index contributed by atoms with van der Waals surface area (Å²) < 4.78 is 9.35. The van der Waals surface area contributed by atoms with E-state index in [2.05, 4.69) is 4.90 Å². The summed E-state index contributed by atoms with van der Waals surface area (Å²) >= 11 is 1.53. The van der Waals surface area contributed by atoms with Gasteiger partial charge in [-0.1, -0.05) is 48.6 Å². The van der Waals surface area contributed by atoms with Gasteiger partial charge < -0.3 is 24.4 Å². The molecule has 6 rings (SSSR count). The number of fused-ring (bicyclic) bond motifs is 2. The zero-order valence-electron chi connectivity index (χ0n) is 22.8. The van der Waals surface area contributed by atoms with Gasteiger partial charge in [-0.3, -0.25) is 19.3 Å². The zero-order chi connectivity index (χ0) is 27.9. The van der Waals surface area contributed by atoms with Gasteiger partial charge in [-0.15, -0.1) is 11.8 Å². The van der Waals surface area contributed by atoms with Crippen molar-refractivity contribution in [2.75, 3.05) is 59.2 Å². The number of rotatable bonds is 7. The quantitative estimate of drug-likeness (QED) is 0.387. The SMILES string of the molecule is C[C@]12C=CCOC(=O)[C@H]1[C@H]1C(=O)N([C@@H](CO)Cc3ccccc3)C3C(=O)N(CCN4CCOCC4)CC=C[C@@]31S2. The first-order valence-electron chi connectivity index (χ1n) is 14.2.